The lowest BCUT2D eigenvalue weighted by Crippen LogP contribution is -1.98. The zero-order valence-electron chi connectivity index (χ0n) is 8.85. The van der Waals surface area contributed by atoms with Crippen LogP contribution in [0.2, 0.25) is 5.15 Å². The maximum absolute atomic E-state index is 10.4. The highest BCUT2D eigenvalue weighted by Crippen LogP contribution is 2.23. The summed E-state index contributed by atoms with van der Waals surface area (Å²) in [5, 5.41) is 8.96. The minimum atomic E-state index is -0.864. The van der Waals surface area contributed by atoms with Crippen molar-refractivity contribution in [2.75, 3.05) is 0 Å². The SMILES string of the molecule is O=C(O)CCc1nc(-c2ccccn2)c(Cl)[nH]1. The fraction of sp³-hybridized carbons (Fsp3) is 0.182. The molecule has 0 saturated carbocycles. The highest BCUT2D eigenvalue weighted by atomic mass is 35.5. The number of imidazole rings is 1. The number of hydrogen-bond acceptors (Lipinski definition) is 3. The Kier molecular flexibility index (Phi) is 3.39. The molecule has 0 fully saturated rings. The summed E-state index contributed by atoms with van der Waals surface area (Å²) in [5.41, 5.74) is 1.21. The van der Waals surface area contributed by atoms with Gasteiger partial charge in [-0.2, -0.15) is 0 Å². The highest BCUT2D eigenvalue weighted by Gasteiger charge is 2.11. The second-order valence-electron chi connectivity index (χ2n) is 3.45. The maximum Gasteiger partial charge on any atom is 0.303 e. The minimum Gasteiger partial charge on any atom is -0.481 e. The smallest absolute Gasteiger partial charge is 0.303 e. The average Bonchev–Trinajstić information content (AvgIpc) is 2.69. The van der Waals surface area contributed by atoms with Gasteiger partial charge in [-0.15, -0.1) is 0 Å². The number of carboxylic acid groups (broad SMARTS) is 1. The van der Waals surface area contributed by atoms with Crippen molar-refractivity contribution in [1.29, 1.82) is 0 Å². The molecule has 2 aromatic rings. The number of nitrogens with zero attached hydrogens (tertiary/aromatic N) is 2. The third kappa shape index (κ3) is 2.82. The van der Waals surface area contributed by atoms with Gasteiger partial charge in [0.1, 0.15) is 16.7 Å². The van der Waals surface area contributed by atoms with Crippen molar-refractivity contribution in [3.63, 3.8) is 0 Å². The van der Waals surface area contributed by atoms with Gasteiger partial charge in [0.05, 0.1) is 12.1 Å². The van der Waals surface area contributed by atoms with E-state index < -0.39 is 5.97 Å². The summed E-state index contributed by atoms with van der Waals surface area (Å²) in [6.07, 6.45) is 1.99. The van der Waals surface area contributed by atoms with Crippen LogP contribution in [-0.2, 0) is 11.2 Å². The molecule has 0 saturated heterocycles. The van der Waals surface area contributed by atoms with Crippen LogP contribution in [0.15, 0.2) is 24.4 Å². The molecule has 0 spiro atoms. The van der Waals surface area contributed by atoms with Gasteiger partial charge in [0.15, 0.2) is 0 Å². The number of aliphatic carboxylic acids is 1. The molecule has 2 rings (SSSR count). The Morgan fingerprint density at radius 2 is 2.29 bits per heavy atom. The molecule has 2 N–H and O–H groups in total. The lowest BCUT2D eigenvalue weighted by molar-refractivity contribution is -0.137. The average molecular weight is 252 g/mol. The topological polar surface area (TPSA) is 78.9 Å². The number of carbonyl (C=O) groups is 1. The summed E-state index contributed by atoms with van der Waals surface area (Å²) in [5.74, 6) is -0.310. The molecule has 88 valence electrons. The van der Waals surface area contributed by atoms with Gasteiger partial charge in [-0.1, -0.05) is 17.7 Å². The van der Waals surface area contributed by atoms with Crippen LogP contribution in [0.3, 0.4) is 0 Å². The molecule has 0 aliphatic rings. The number of aromatic amines is 1. The van der Waals surface area contributed by atoms with Crippen LogP contribution >= 0.6 is 11.6 Å². The summed E-state index contributed by atoms with van der Waals surface area (Å²) in [7, 11) is 0. The van der Waals surface area contributed by atoms with Gasteiger partial charge in [-0.05, 0) is 12.1 Å². The summed E-state index contributed by atoms with van der Waals surface area (Å²) in [4.78, 5) is 21.7. The van der Waals surface area contributed by atoms with Gasteiger partial charge in [0.25, 0.3) is 0 Å². The van der Waals surface area contributed by atoms with E-state index in [0.29, 0.717) is 28.8 Å². The third-order valence-electron chi connectivity index (χ3n) is 2.19. The molecule has 0 aliphatic carbocycles. The van der Waals surface area contributed by atoms with E-state index in [1.807, 2.05) is 6.07 Å². The van der Waals surface area contributed by atoms with E-state index in [1.54, 1.807) is 18.3 Å². The van der Waals surface area contributed by atoms with Crippen LogP contribution in [0, 0.1) is 0 Å². The molecular formula is C11H10ClN3O2. The van der Waals surface area contributed by atoms with Crippen LogP contribution in [0.4, 0.5) is 0 Å². The molecule has 17 heavy (non-hydrogen) atoms. The quantitative estimate of drug-likeness (QED) is 0.873. The second kappa shape index (κ2) is 4.97. The monoisotopic (exact) mass is 251 g/mol. The van der Waals surface area contributed by atoms with E-state index in [1.165, 1.54) is 0 Å². The number of rotatable bonds is 4. The van der Waals surface area contributed by atoms with Crippen LogP contribution in [0.1, 0.15) is 12.2 Å². The Morgan fingerprint density at radius 1 is 1.47 bits per heavy atom. The largest absolute Gasteiger partial charge is 0.481 e. The van der Waals surface area contributed by atoms with Gasteiger partial charge in [0.2, 0.25) is 0 Å². The zero-order chi connectivity index (χ0) is 12.3. The lowest BCUT2D eigenvalue weighted by Gasteiger charge is -1.94. The summed E-state index contributed by atoms with van der Waals surface area (Å²) in [6.45, 7) is 0. The zero-order valence-corrected chi connectivity index (χ0v) is 9.61. The number of nitrogens with one attached hydrogen (secondary N) is 1. The van der Waals surface area contributed by atoms with Gasteiger partial charge in [0, 0.05) is 12.6 Å². The van der Waals surface area contributed by atoms with Crippen molar-refractivity contribution >= 4 is 17.6 Å². The van der Waals surface area contributed by atoms with Crippen LogP contribution in [0.25, 0.3) is 11.4 Å². The maximum atomic E-state index is 10.4. The molecular weight excluding hydrogens is 242 g/mol. The Hall–Kier alpha value is -1.88. The molecule has 0 atom stereocenters. The molecule has 0 radical (unpaired) electrons. The van der Waals surface area contributed by atoms with Crippen LogP contribution < -0.4 is 0 Å². The van der Waals surface area contributed by atoms with Crippen molar-refractivity contribution in [2.24, 2.45) is 0 Å². The van der Waals surface area contributed by atoms with Crippen molar-refractivity contribution in [3.05, 3.63) is 35.4 Å². The van der Waals surface area contributed by atoms with Gasteiger partial charge in [-0.3, -0.25) is 9.78 Å². The molecule has 6 heteroatoms. The van der Waals surface area contributed by atoms with Crippen LogP contribution in [-0.4, -0.2) is 26.0 Å². The normalized spacial score (nSPS) is 10.4. The molecule has 0 unspecified atom stereocenters. The molecule has 0 aromatic carbocycles. The number of hydrogen-bond donors (Lipinski definition) is 2. The van der Waals surface area contributed by atoms with Gasteiger partial charge in [-0.25, -0.2) is 4.98 Å². The van der Waals surface area contributed by atoms with E-state index >= 15 is 0 Å². The first-order valence-electron chi connectivity index (χ1n) is 5.04. The number of aryl methyl sites for hydroxylation is 1. The molecule has 0 amide bonds. The Morgan fingerprint density at radius 3 is 2.94 bits per heavy atom. The summed E-state index contributed by atoms with van der Waals surface area (Å²) >= 11 is 5.99. The number of pyridine rings is 1. The fourth-order valence-electron chi connectivity index (χ4n) is 1.41. The van der Waals surface area contributed by atoms with Crippen molar-refractivity contribution in [2.45, 2.75) is 12.8 Å². The highest BCUT2D eigenvalue weighted by molar-refractivity contribution is 6.31. The lowest BCUT2D eigenvalue weighted by atomic mass is 10.3. The molecule has 5 nitrogen and oxygen atoms in total. The molecule has 2 aromatic heterocycles. The van der Waals surface area contributed by atoms with E-state index in [4.69, 9.17) is 16.7 Å². The summed E-state index contributed by atoms with van der Waals surface area (Å²) in [6, 6.07) is 5.43. The Balaban J connectivity index is 2.22. The summed E-state index contributed by atoms with van der Waals surface area (Å²) < 4.78 is 0. The molecule has 2 heterocycles. The standard InChI is InChI=1S/C11H10ClN3O2/c12-11-10(7-3-1-2-6-13-7)14-8(15-11)4-5-9(16)17/h1-3,6H,4-5H2,(H,14,15)(H,16,17). The first kappa shape index (κ1) is 11.6. The number of halogens is 1. The van der Waals surface area contributed by atoms with Crippen molar-refractivity contribution < 1.29 is 9.90 Å². The fourth-order valence-corrected chi connectivity index (χ4v) is 1.66. The van der Waals surface area contributed by atoms with E-state index in [0.717, 1.165) is 0 Å². The van der Waals surface area contributed by atoms with Crippen molar-refractivity contribution in [3.8, 4) is 11.4 Å². The number of H-pyrrole nitrogens is 1. The first-order chi connectivity index (χ1) is 8.16. The Bertz CT molecular complexity index is 525. The predicted octanol–water partition coefficient (Wildman–Crippen LogP) is 2.14. The van der Waals surface area contributed by atoms with Crippen LogP contribution in [0.5, 0.6) is 0 Å². The molecule has 0 aliphatic heterocycles. The van der Waals surface area contributed by atoms with Gasteiger partial charge < -0.3 is 10.1 Å². The second-order valence-corrected chi connectivity index (χ2v) is 3.83. The predicted molar refractivity (Wildman–Crippen MR) is 62.8 cm³/mol. The van der Waals surface area contributed by atoms with Gasteiger partial charge >= 0.3 is 5.97 Å². The van der Waals surface area contributed by atoms with E-state index in [9.17, 15) is 4.79 Å². The van der Waals surface area contributed by atoms with E-state index in [2.05, 4.69) is 15.0 Å². The molecule has 0 bridgehead atoms. The first-order valence-corrected chi connectivity index (χ1v) is 5.42. The third-order valence-corrected chi connectivity index (χ3v) is 2.47. The number of carboxylic acids is 1. The Labute approximate surface area is 102 Å². The van der Waals surface area contributed by atoms with Crippen molar-refractivity contribution in [1.82, 2.24) is 15.0 Å². The minimum absolute atomic E-state index is 0.0193. The number of aromatic nitrogens is 3. The van der Waals surface area contributed by atoms with E-state index in [-0.39, 0.29) is 6.42 Å².